The minimum atomic E-state index is 0.481. The monoisotopic (exact) mass is 367 g/mol. The number of benzene rings is 1. The lowest BCUT2D eigenvalue weighted by Crippen LogP contribution is -2.45. The van der Waals surface area contributed by atoms with Gasteiger partial charge in [0.25, 0.3) is 0 Å². The third-order valence-corrected chi connectivity index (χ3v) is 7.28. The maximum Gasteiger partial charge on any atom is 0.0512 e. The molecular weight excluding hydrogens is 334 g/mol. The SMILES string of the molecule is CN1CC(COCC2CC2)C2(CCN(Cc3cccc4[nH]ccc34)CC2)C1. The summed E-state index contributed by atoms with van der Waals surface area (Å²) in [4.78, 5) is 8.54. The van der Waals surface area contributed by atoms with E-state index in [1.54, 1.807) is 0 Å². The molecule has 3 heterocycles. The first-order chi connectivity index (χ1) is 13.2. The Kier molecular flexibility index (Phi) is 4.75. The van der Waals surface area contributed by atoms with Crippen LogP contribution in [0.15, 0.2) is 30.5 Å². The third-order valence-electron chi connectivity index (χ3n) is 7.28. The molecule has 5 rings (SSSR count). The van der Waals surface area contributed by atoms with Crippen molar-refractivity contribution in [3.05, 3.63) is 36.0 Å². The Morgan fingerprint density at radius 1 is 1.15 bits per heavy atom. The number of hydrogen-bond acceptors (Lipinski definition) is 3. The third kappa shape index (κ3) is 3.67. The van der Waals surface area contributed by atoms with E-state index in [9.17, 15) is 0 Å². The first-order valence-corrected chi connectivity index (χ1v) is 10.8. The number of rotatable bonds is 6. The predicted molar refractivity (Wildman–Crippen MR) is 110 cm³/mol. The van der Waals surface area contributed by atoms with Gasteiger partial charge < -0.3 is 14.6 Å². The standard InChI is InChI=1S/C23H33N3O/c1-25-14-20(16-27-15-18-5-6-18)23(17-25)8-11-26(12-9-23)13-19-3-2-4-22-21(19)7-10-24-22/h2-4,7,10,18,20,24H,5-6,8-9,11-17H2,1H3. The molecule has 3 aliphatic rings. The van der Waals surface area contributed by atoms with Crippen molar-refractivity contribution < 1.29 is 4.74 Å². The first kappa shape index (κ1) is 17.7. The van der Waals surface area contributed by atoms with E-state index in [-0.39, 0.29) is 0 Å². The molecule has 1 atom stereocenters. The minimum absolute atomic E-state index is 0.481. The second kappa shape index (κ2) is 7.23. The molecule has 1 aliphatic carbocycles. The van der Waals surface area contributed by atoms with Crippen molar-refractivity contribution in [1.82, 2.24) is 14.8 Å². The van der Waals surface area contributed by atoms with Crippen molar-refractivity contribution in [1.29, 1.82) is 0 Å². The van der Waals surface area contributed by atoms with E-state index in [1.165, 1.54) is 68.3 Å². The molecular formula is C23H33N3O. The zero-order chi connectivity index (χ0) is 18.3. The average Bonchev–Trinajstić information content (AvgIpc) is 3.26. The largest absolute Gasteiger partial charge is 0.381 e. The van der Waals surface area contributed by atoms with Gasteiger partial charge in [-0.05, 0) is 74.8 Å². The number of nitrogens with zero attached hydrogens (tertiary/aromatic N) is 2. The average molecular weight is 368 g/mol. The van der Waals surface area contributed by atoms with Gasteiger partial charge in [0.05, 0.1) is 6.61 Å². The van der Waals surface area contributed by atoms with Gasteiger partial charge in [0.15, 0.2) is 0 Å². The van der Waals surface area contributed by atoms with Gasteiger partial charge in [0.1, 0.15) is 0 Å². The topological polar surface area (TPSA) is 31.5 Å². The summed E-state index contributed by atoms with van der Waals surface area (Å²) in [5, 5.41) is 1.38. The Bertz CT molecular complexity index is 773. The fourth-order valence-corrected chi connectivity index (χ4v) is 5.44. The van der Waals surface area contributed by atoms with Gasteiger partial charge >= 0.3 is 0 Å². The van der Waals surface area contributed by atoms with E-state index in [0.29, 0.717) is 5.41 Å². The van der Waals surface area contributed by atoms with Crippen LogP contribution in [0, 0.1) is 17.3 Å². The van der Waals surface area contributed by atoms with Gasteiger partial charge in [-0.15, -0.1) is 0 Å². The van der Waals surface area contributed by atoms with Gasteiger partial charge in [-0.1, -0.05) is 12.1 Å². The molecule has 1 saturated carbocycles. The lowest BCUT2D eigenvalue weighted by Gasteiger charge is -2.42. The smallest absolute Gasteiger partial charge is 0.0512 e. The molecule has 1 unspecified atom stereocenters. The number of fused-ring (bicyclic) bond motifs is 1. The molecule has 27 heavy (non-hydrogen) atoms. The van der Waals surface area contributed by atoms with Crippen LogP contribution >= 0.6 is 0 Å². The maximum atomic E-state index is 6.14. The highest BCUT2D eigenvalue weighted by Crippen LogP contribution is 2.45. The van der Waals surface area contributed by atoms with Crippen LogP contribution in [0.25, 0.3) is 10.9 Å². The zero-order valence-corrected chi connectivity index (χ0v) is 16.6. The van der Waals surface area contributed by atoms with Crippen molar-refractivity contribution >= 4 is 10.9 Å². The Balaban J connectivity index is 1.21. The zero-order valence-electron chi connectivity index (χ0n) is 16.6. The van der Waals surface area contributed by atoms with Crippen molar-refractivity contribution in [2.24, 2.45) is 17.3 Å². The molecule has 2 aromatic rings. The highest BCUT2D eigenvalue weighted by Gasteiger charge is 2.47. The number of hydrogen-bond donors (Lipinski definition) is 1. The highest BCUT2D eigenvalue weighted by atomic mass is 16.5. The fraction of sp³-hybridized carbons (Fsp3) is 0.652. The van der Waals surface area contributed by atoms with Crippen LogP contribution in [0.1, 0.15) is 31.2 Å². The van der Waals surface area contributed by atoms with Crippen LogP contribution in [0.4, 0.5) is 0 Å². The van der Waals surface area contributed by atoms with Gasteiger partial charge in [-0.25, -0.2) is 0 Å². The molecule has 1 aromatic carbocycles. The highest BCUT2D eigenvalue weighted by molar-refractivity contribution is 5.82. The van der Waals surface area contributed by atoms with Gasteiger partial charge in [-0.3, -0.25) is 4.90 Å². The van der Waals surface area contributed by atoms with Crippen molar-refractivity contribution in [2.45, 2.75) is 32.2 Å². The summed E-state index contributed by atoms with van der Waals surface area (Å²) in [6.07, 6.45) is 7.47. The quantitative estimate of drug-likeness (QED) is 0.844. The molecule has 2 aliphatic heterocycles. The molecule has 0 bridgehead atoms. The van der Waals surface area contributed by atoms with Crippen molar-refractivity contribution in [2.75, 3.05) is 46.4 Å². The van der Waals surface area contributed by atoms with Crippen LogP contribution in [0.2, 0.25) is 0 Å². The number of aromatic amines is 1. The number of aromatic nitrogens is 1. The molecule has 1 spiro atoms. The second-order valence-corrected chi connectivity index (χ2v) is 9.37. The first-order valence-electron chi connectivity index (χ1n) is 10.8. The normalized spacial score (nSPS) is 26.3. The lowest BCUT2D eigenvalue weighted by atomic mass is 9.71. The summed E-state index contributed by atoms with van der Waals surface area (Å²) in [5.41, 5.74) is 3.19. The van der Waals surface area contributed by atoms with E-state index in [2.05, 4.69) is 52.3 Å². The van der Waals surface area contributed by atoms with Gasteiger partial charge in [-0.2, -0.15) is 0 Å². The lowest BCUT2D eigenvalue weighted by molar-refractivity contribution is 0.0168. The summed E-state index contributed by atoms with van der Waals surface area (Å²) < 4.78 is 6.14. The van der Waals surface area contributed by atoms with Crippen LogP contribution in [-0.4, -0.2) is 61.2 Å². The molecule has 1 N–H and O–H groups in total. The number of likely N-dealkylation sites (tertiary alicyclic amines) is 2. The van der Waals surface area contributed by atoms with Crippen molar-refractivity contribution in [3.63, 3.8) is 0 Å². The van der Waals surface area contributed by atoms with E-state index in [0.717, 1.165) is 31.6 Å². The molecule has 4 heteroatoms. The molecule has 0 radical (unpaired) electrons. The van der Waals surface area contributed by atoms with Crippen molar-refractivity contribution in [3.8, 4) is 0 Å². The second-order valence-electron chi connectivity index (χ2n) is 9.37. The maximum absolute atomic E-state index is 6.14. The summed E-state index contributed by atoms with van der Waals surface area (Å²) in [6, 6.07) is 8.86. The van der Waals surface area contributed by atoms with E-state index >= 15 is 0 Å². The van der Waals surface area contributed by atoms with Gasteiger partial charge in [0, 0.05) is 49.3 Å². The molecule has 4 nitrogen and oxygen atoms in total. The van der Waals surface area contributed by atoms with Crippen LogP contribution < -0.4 is 0 Å². The molecule has 146 valence electrons. The summed E-state index contributed by atoms with van der Waals surface area (Å²) >= 11 is 0. The Hall–Kier alpha value is -1.36. The van der Waals surface area contributed by atoms with Crippen LogP contribution in [0.5, 0.6) is 0 Å². The Morgan fingerprint density at radius 3 is 2.81 bits per heavy atom. The molecule has 0 amide bonds. The predicted octanol–water partition coefficient (Wildman–Crippen LogP) is 3.74. The van der Waals surface area contributed by atoms with E-state index in [1.807, 2.05) is 0 Å². The Labute approximate surface area is 162 Å². The molecule has 2 saturated heterocycles. The Morgan fingerprint density at radius 2 is 2.00 bits per heavy atom. The molecule has 3 fully saturated rings. The summed E-state index contributed by atoms with van der Waals surface area (Å²) in [7, 11) is 2.29. The van der Waals surface area contributed by atoms with E-state index < -0.39 is 0 Å². The minimum Gasteiger partial charge on any atom is -0.381 e. The number of nitrogens with one attached hydrogen (secondary N) is 1. The van der Waals surface area contributed by atoms with E-state index in [4.69, 9.17) is 4.74 Å². The summed E-state index contributed by atoms with van der Waals surface area (Å²) in [5.74, 6) is 1.59. The number of piperidine rings is 1. The molecule has 1 aromatic heterocycles. The number of ether oxygens (including phenoxy) is 1. The van der Waals surface area contributed by atoms with Crippen LogP contribution in [-0.2, 0) is 11.3 Å². The fourth-order valence-electron chi connectivity index (χ4n) is 5.44. The summed E-state index contributed by atoms with van der Waals surface area (Å²) in [6.45, 7) is 7.96. The number of H-pyrrole nitrogens is 1. The van der Waals surface area contributed by atoms with Crippen LogP contribution in [0.3, 0.4) is 0 Å². The van der Waals surface area contributed by atoms with Gasteiger partial charge in [0.2, 0.25) is 0 Å².